The number of likely N-dealkylation sites (tertiary alicyclic amines) is 1. The van der Waals surface area contributed by atoms with Crippen LogP contribution in [0.3, 0.4) is 0 Å². The van der Waals surface area contributed by atoms with E-state index in [0.717, 1.165) is 21.6 Å². The number of nitrogens with one attached hydrogen (secondary N) is 3. The Balaban J connectivity index is 1.30. The van der Waals surface area contributed by atoms with Crippen molar-refractivity contribution < 1.29 is 42.9 Å². The number of hydrogen-bond acceptors (Lipinski definition) is 11. The number of alkyl carbamates (subject to hydrolysis) is 1. The monoisotopic (exact) mass is 811 g/mol. The molecule has 3 N–H and O–H groups in total. The second-order valence-corrected chi connectivity index (χ2v) is 17.0. The van der Waals surface area contributed by atoms with Gasteiger partial charge in [0.2, 0.25) is 0 Å². The SMILES string of the molecule is COC(=O)c1nc(C(=O)N[C@H]2CCCN(C(=O)OC(C)(C)C)C2)ccc1-c1cc2c(cc1C(=O)Nc1ccc(CNC(=O)OC(C)(C)C)cc1)-c1sccc1CCO2. The van der Waals surface area contributed by atoms with Crippen LogP contribution >= 0.6 is 11.3 Å². The molecule has 4 aromatic rings. The number of benzene rings is 2. The third kappa shape index (κ3) is 10.3. The Hall–Kier alpha value is -5.96. The highest BCUT2D eigenvalue weighted by Crippen LogP contribution is 2.43. The summed E-state index contributed by atoms with van der Waals surface area (Å²) in [6.07, 6.45) is 0.986. The summed E-state index contributed by atoms with van der Waals surface area (Å²) in [5.41, 5.74) is 2.44. The van der Waals surface area contributed by atoms with Gasteiger partial charge in [-0.05, 0) is 113 Å². The van der Waals surface area contributed by atoms with Gasteiger partial charge in [-0.25, -0.2) is 19.4 Å². The molecule has 0 aliphatic carbocycles. The van der Waals surface area contributed by atoms with Crippen molar-refractivity contribution in [3.05, 3.63) is 88.1 Å². The first kappa shape index (κ1) is 41.7. The third-order valence-corrected chi connectivity index (χ3v) is 10.2. The minimum atomic E-state index is -0.809. The van der Waals surface area contributed by atoms with Crippen molar-refractivity contribution in [3.63, 3.8) is 0 Å². The summed E-state index contributed by atoms with van der Waals surface area (Å²) in [5.74, 6) is -1.29. The maximum atomic E-state index is 14.3. The lowest BCUT2D eigenvalue weighted by Crippen LogP contribution is -2.50. The molecule has 0 radical (unpaired) electrons. The van der Waals surface area contributed by atoms with Crippen molar-refractivity contribution >= 4 is 47.0 Å². The van der Waals surface area contributed by atoms with Crippen LogP contribution in [0.2, 0.25) is 0 Å². The molecule has 2 aromatic heterocycles. The molecule has 2 aromatic carbocycles. The average Bonchev–Trinajstić information content (AvgIpc) is 3.57. The molecule has 4 amide bonds. The Morgan fingerprint density at radius 3 is 2.34 bits per heavy atom. The summed E-state index contributed by atoms with van der Waals surface area (Å²) in [4.78, 5) is 73.2. The maximum absolute atomic E-state index is 14.3. The number of hydrogen-bond donors (Lipinski definition) is 3. The second kappa shape index (κ2) is 17.3. The van der Waals surface area contributed by atoms with Gasteiger partial charge in [-0.1, -0.05) is 12.1 Å². The number of nitrogens with zero attached hydrogens (tertiary/aromatic N) is 2. The van der Waals surface area contributed by atoms with Gasteiger partial charge < -0.3 is 39.8 Å². The topological polar surface area (TPSA) is 174 Å². The van der Waals surface area contributed by atoms with E-state index in [9.17, 15) is 24.0 Å². The molecule has 306 valence electrons. The molecule has 0 unspecified atom stereocenters. The van der Waals surface area contributed by atoms with E-state index in [0.29, 0.717) is 49.4 Å². The number of thiophene rings is 1. The van der Waals surface area contributed by atoms with Crippen molar-refractivity contribution in [1.29, 1.82) is 0 Å². The van der Waals surface area contributed by atoms with E-state index in [1.165, 1.54) is 13.2 Å². The van der Waals surface area contributed by atoms with Crippen LogP contribution in [0.25, 0.3) is 21.6 Å². The van der Waals surface area contributed by atoms with Crippen LogP contribution < -0.4 is 20.7 Å². The van der Waals surface area contributed by atoms with Crippen molar-refractivity contribution in [2.24, 2.45) is 0 Å². The summed E-state index contributed by atoms with van der Waals surface area (Å²) in [6.45, 7) is 12.1. The van der Waals surface area contributed by atoms with Crippen molar-refractivity contribution in [2.75, 3.05) is 32.1 Å². The van der Waals surface area contributed by atoms with E-state index in [-0.39, 0.29) is 41.6 Å². The Kier molecular flexibility index (Phi) is 12.4. The predicted octanol–water partition coefficient (Wildman–Crippen LogP) is 7.60. The zero-order chi connectivity index (χ0) is 41.8. The predicted molar refractivity (Wildman–Crippen MR) is 219 cm³/mol. The number of methoxy groups -OCH3 is 1. The molecule has 2 aliphatic rings. The van der Waals surface area contributed by atoms with E-state index in [2.05, 4.69) is 20.9 Å². The van der Waals surface area contributed by atoms with Gasteiger partial charge in [-0.2, -0.15) is 0 Å². The molecule has 1 saturated heterocycles. The summed E-state index contributed by atoms with van der Waals surface area (Å²) < 4.78 is 22.2. The third-order valence-electron chi connectivity index (χ3n) is 9.24. The molecular weight excluding hydrogens is 763 g/mol. The molecule has 1 atom stereocenters. The molecule has 58 heavy (non-hydrogen) atoms. The minimum Gasteiger partial charge on any atom is -0.493 e. The highest BCUT2D eigenvalue weighted by molar-refractivity contribution is 7.13. The standard InChI is InChI=1S/C43H49N5O9S/c1-42(2,3)56-40(52)44-23-25-10-12-27(13-11-25)45-37(49)31-21-32-34(55-19-16-26-17-20-58-36(26)32)22-30(31)29-14-15-33(47-35(29)39(51)54-7)38(50)46-28-9-8-18-48(24-28)41(53)57-43(4,5)6/h10-15,17,20-22,28H,8-9,16,18-19,23-24H2,1-7H3,(H,44,52)(H,45,49)(H,46,50)/t28-/m0/s1. The fraction of sp³-hybridized carbons (Fsp3) is 0.395. The smallest absolute Gasteiger partial charge is 0.410 e. The quantitative estimate of drug-likeness (QED) is 0.119. The van der Waals surface area contributed by atoms with Crippen LogP contribution in [-0.4, -0.2) is 83.9 Å². The number of esters is 1. The molecular formula is C43H49N5O9S. The number of carbonyl (C=O) groups excluding carboxylic acids is 5. The van der Waals surface area contributed by atoms with E-state index in [1.807, 2.05) is 11.4 Å². The zero-order valence-corrected chi connectivity index (χ0v) is 34.6. The summed E-state index contributed by atoms with van der Waals surface area (Å²) >= 11 is 1.54. The highest BCUT2D eigenvalue weighted by Gasteiger charge is 2.31. The van der Waals surface area contributed by atoms with Crippen LogP contribution in [0.5, 0.6) is 5.75 Å². The number of pyridine rings is 1. The summed E-state index contributed by atoms with van der Waals surface area (Å²) in [7, 11) is 1.21. The van der Waals surface area contributed by atoms with Crippen LogP contribution in [0.4, 0.5) is 15.3 Å². The van der Waals surface area contributed by atoms with Crippen LogP contribution in [0, 0.1) is 0 Å². The molecule has 1 fully saturated rings. The number of amides is 4. The highest BCUT2D eigenvalue weighted by atomic mass is 32.1. The normalized spacial score (nSPS) is 15.1. The molecule has 2 aliphatic heterocycles. The van der Waals surface area contributed by atoms with Crippen LogP contribution in [-0.2, 0) is 27.2 Å². The van der Waals surface area contributed by atoms with E-state index >= 15 is 0 Å². The van der Waals surface area contributed by atoms with Crippen molar-refractivity contribution in [1.82, 2.24) is 20.5 Å². The fourth-order valence-corrected chi connectivity index (χ4v) is 7.60. The van der Waals surface area contributed by atoms with E-state index in [1.54, 1.807) is 100 Å². The van der Waals surface area contributed by atoms with Gasteiger partial charge >= 0.3 is 18.2 Å². The Labute approximate surface area is 341 Å². The number of fused-ring (bicyclic) bond motifs is 3. The van der Waals surface area contributed by atoms with Gasteiger partial charge in [-0.15, -0.1) is 11.3 Å². The number of ether oxygens (including phenoxy) is 4. The van der Waals surface area contributed by atoms with E-state index in [4.69, 9.17) is 18.9 Å². The fourth-order valence-electron chi connectivity index (χ4n) is 6.62. The molecule has 6 rings (SSSR count). The molecule has 0 spiro atoms. The van der Waals surface area contributed by atoms with Gasteiger partial charge in [0.05, 0.1) is 13.7 Å². The first-order chi connectivity index (χ1) is 27.5. The number of carbonyl (C=O) groups is 5. The number of anilines is 1. The largest absolute Gasteiger partial charge is 0.493 e. The minimum absolute atomic E-state index is 0.0416. The first-order valence-corrected chi connectivity index (χ1v) is 20.0. The van der Waals surface area contributed by atoms with Crippen LogP contribution in [0.15, 0.2) is 60.0 Å². The first-order valence-electron chi connectivity index (χ1n) is 19.1. The second-order valence-electron chi connectivity index (χ2n) is 16.1. The Morgan fingerprint density at radius 1 is 0.897 bits per heavy atom. The molecule has 15 heteroatoms. The summed E-state index contributed by atoms with van der Waals surface area (Å²) in [5, 5.41) is 10.6. The van der Waals surface area contributed by atoms with Gasteiger partial charge in [0.25, 0.3) is 11.8 Å². The lowest BCUT2D eigenvalue weighted by atomic mass is 9.93. The Bertz CT molecular complexity index is 2200. The lowest BCUT2D eigenvalue weighted by Gasteiger charge is -2.34. The number of aromatic nitrogens is 1. The van der Waals surface area contributed by atoms with Gasteiger partial charge in [0.15, 0.2) is 5.69 Å². The van der Waals surface area contributed by atoms with E-state index < -0.39 is 41.2 Å². The summed E-state index contributed by atoms with van der Waals surface area (Å²) in [6, 6.07) is 15.2. The van der Waals surface area contributed by atoms with Crippen molar-refractivity contribution in [3.8, 4) is 27.3 Å². The molecule has 4 heterocycles. The van der Waals surface area contributed by atoms with Crippen LogP contribution in [0.1, 0.15) is 96.8 Å². The number of piperidine rings is 1. The number of rotatable bonds is 8. The Morgan fingerprint density at radius 2 is 1.64 bits per heavy atom. The molecule has 14 nitrogen and oxygen atoms in total. The van der Waals surface area contributed by atoms with Gasteiger partial charge in [0.1, 0.15) is 22.6 Å². The zero-order valence-electron chi connectivity index (χ0n) is 33.8. The van der Waals surface area contributed by atoms with Gasteiger partial charge in [-0.3, -0.25) is 9.59 Å². The lowest BCUT2D eigenvalue weighted by molar-refractivity contribution is 0.0185. The van der Waals surface area contributed by atoms with Gasteiger partial charge in [0, 0.05) is 64.9 Å². The molecule has 0 bridgehead atoms. The van der Waals surface area contributed by atoms with Crippen molar-refractivity contribution in [2.45, 2.75) is 84.6 Å². The maximum Gasteiger partial charge on any atom is 0.410 e. The molecule has 0 saturated carbocycles. The average molecular weight is 812 g/mol.